The van der Waals surface area contributed by atoms with Gasteiger partial charge in [0.1, 0.15) is 6.61 Å². The molecule has 0 atom stereocenters. The van der Waals surface area contributed by atoms with Crippen molar-refractivity contribution in [2.45, 2.75) is 13.3 Å². The topological polar surface area (TPSA) is 55.6 Å². The Morgan fingerprint density at radius 1 is 1.56 bits per heavy atom. The summed E-state index contributed by atoms with van der Waals surface area (Å²) in [7, 11) is 0. The molecule has 1 aromatic carbocycles. The number of carbonyl (C=O) groups excluding carboxylic acids is 1. The number of amides is 1. The molecule has 2 rings (SSSR count). The molecule has 0 spiro atoms. The van der Waals surface area contributed by atoms with Gasteiger partial charge in [0.05, 0.1) is 0 Å². The number of benzene rings is 1. The Labute approximate surface area is 95.0 Å². The van der Waals surface area contributed by atoms with Crippen molar-refractivity contribution in [3.05, 3.63) is 23.8 Å². The molecule has 0 fully saturated rings. The standard InChI is InChI=1S/C12H16N2O2/c1-2-16-8-12(15)14-7-6-9-10(13)4-3-5-11(9)14/h3-5H,2,6-8,13H2,1H3. The number of hydrogen-bond donors (Lipinski definition) is 1. The molecule has 1 amide bonds. The number of nitrogens with two attached hydrogens (primary N) is 1. The summed E-state index contributed by atoms with van der Waals surface area (Å²) in [5, 5.41) is 0. The minimum atomic E-state index is 0.00574. The van der Waals surface area contributed by atoms with Crippen molar-refractivity contribution in [3.63, 3.8) is 0 Å². The maximum Gasteiger partial charge on any atom is 0.252 e. The zero-order valence-electron chi connectivity index (χ0n) is 9.40. The smallest absolute Gasteiger partial charge is 0.252 e. The molecular weight excluding hydrogens is 204 g/mol. The van der Waals surface area contributed by atoms with E-state index in [0.29, 0.717) is 13.2 Å². The van der Waals surface area contributed by atoms with Crippen LogP contribution in [0.25, 0.3) is 0 Å². The Morgan fingerprint density at radius 3 is 3.12 bits per heavy atom. The number of carbonyl (C=O) groups is 1. The molecule has 4 nitrogen and oxygen atoms in total. The first-order valence-electron chi connectivity index (χ1n) is 5.49. The number of rotatable bonds is 3. The van der Waals surface area contributed by atoms with E-state index in [9.17, 15) is 4.79 Å². The van der Waals surface area contributed by atoms with Crippen molar-refractivity contribution >= 4 is 17.3 Å². The molecule has 16 heavy (non-hydrogen) atoms. The fraction of sp³-hybridized carbons (Fsp3) is 0.417. The lowest BCUT2D eigenvalue weighted by Crippen LogP contribution is -2.32. The van der Waals surface area contributed by atoms with E-state index in [1.54, 1.807) is 4.90 Å². The van der Waals surface area contributed by atoms with E-state index in [2.05, 4.69) is 0 Å². The van der Waals surface area contributed by atoms with E-state index < -0.39 is 0 Å². The van der Waals surface area contributed by atoms with Gasteiger partial charge in [0.2, 0.25) is 0 Å². The fourth-order valence-electron chi connectivity index (χ4n) is 1.99. The van der Waals surface area contributed by atoms with E-state index in [1.807, 2.05) is 25.1 Å². The molecule has 1 aliphatic rings. The van der Waals surface area contributed by atoms with Gasteiger partial charge in [-0.15, -0.1) is 0 Å². The van der Waals surface area contributed by atoms with Crippen molar-refractivity contribution in [3.8, 4) is 0 Å². The van der Waals surface area contributed by atoms with Crippen molar-refractivity contribution in [2.24, 2.45) is 0 Å². The number of fused-ring (bicyclic) bond motifs is 1. The van der Waals surface area contributed by atoms with Crippen LogP contribution in [0.3, 0.4) is 0 Å². The fourth-order valence-corrected chi connectivity index (χ4v) is 1.99. The zero-order chi connectivity index (χ0) is 11.5. The van der Waals surface area contributed by atoms with Crippen molar-refractivity contribution in [1.29, 1.82) is 0 Å². The Balaban J connectivity index is 2.17. The molecule has 86 valence electrons. The van der Waals surface area contributed by atoms with Gasteiger partial charge in [-0.1, -0.05) is 6.07 Å². The molecular formula is C12H16N2O2. The van der Waals surface area contributed by atoms with E-state index >= 15 is 0 Å². The molecule has 0 bridgehead atoms. The first-order chi connectivity index (χ1) is 7.74. The van der Waals surface area contributed by atoms with Gasteiger partial charge >= 0.3 is 0 Å². The number of ether oxygens (including phenoxy) is 1. The second kappa shape index (κ2) is 4.53. The van der Waals surface area contributed by atoms with Gasteiger partial charge in [-0.05, 0) is 25.5 Å². The average molecular weight is 220 g/mol. The third kappa shape index (κ3) is 1.88. The van der Waals surface area contributed by atoms with Crippen LogP contribution in [0.15, 0.2) is 18.2 Å². The quantitative estimate of drug-likeness (QED) is 0.778. The van der Waals surface area contributed by atoms with Crippen LogP contribution in [0.2, 0.25) is 0 Å². The Hall–Kier alpha value is -1.55. The number of anilines is 2. The van der Waals surface area contributed by atoms with Gasteiger partial charge < -0.3 is 15.4 Å². The molecule has 4 heteroatoms. The van der Waals surface area contributed by atoms with Crippen LogP contribution in [0.1, 0.15) is 12.5 Å². The summed E-state index contributed by atoms with van der Waals surface area (Å²) in [6, 6.07) is 5.68. The lowest BCUT2D eigenvalue weighted by atomic mass is 10.1. The summed E-state index contributed by atoms with van der Waals surface area (Å²) in [6.45, 7) is 3.28. The van der Waals surface area contributed by atoms with Crippen molar-refractivity contribution < 1.29 is 9.53 Å². The highest BCUT2D eigenvalue weighted by Gasteiger charge is 2.25. The molecule has 1 aromatic rings. The third-order valence-electron chi connectivity index (χ3n) is 2.79. The second-order valence-electron chi connectivity index (χ2n) is 3.78. The Kier molecular flexibility index (Phi) is 3.10. The minimum Gasteiger partial charge on any atom is -0.398 e. The summed E-state index contributed by atoms with van der Waals surface area (Å²) >= 11 is 0. The lowest BCUT2D eigenvalue weighted by molar-refractivity contribution is -0.122. The molecule has 0 aromatic heterocycles. The maximum atomic E-state index is 11.8. The maximum absolute atomic E-state index is 11.8. The zero-order valence-corrected chi connectivity index (χ0v) is 9.40. The first kappa shape index (κ1) is 11.0. The van der Waals surface area contributed by atoms with Crippen molar-refractivity contribution in [2.75, 3.05) is 30.4 Å². The van der Waals surface area contributed by atoms with E-state index in [-0.39, 0.29) is 12.5 Å². The van der Waals surface area contributed by atoms with Gasteiger partial charge in [-0.3, -0.25) is 4.79 Å². The molecule has 1 heterocycles. The first-order valence-corrected chi connectivity index (χ1v) is 5.49. The van der Waals surface area contributed by atoms with Crippen molar-refractivity contribution in [1.82, 2.24) is 0 Å². The van der Waals surface area contributed by atoms with Crippen LogP contribution in [-0.4, -0.2) is 25.7 Å². The monoisotopic (exact) mass is 220 g/mol. The Bertz CT molecular complexity index is 404. The second-order valence-corrected chi connectivity index (χ2v) is 3.78. The van der Waals surface area contributed by atoms with E-state index in [1.165, 1.54) is 0 Å². The van der Waals surface area contributed by atoms with Gasteiger partial charge in [0, 0.05) is 30.1 Å². The summed E-state index contributed by atoms with van der Waals surface area (Å²) in [5.41, 5.74) is 8.64. The molecule has 0 saturated heterocycles. The summed E-state index contributed by atoms with van der Waals surface area (Å²) in [5.74, 6) is 0.00574. The highest BCUT2D eigenvalue weighted by atomic mass is 16.5. The average Bonchev–Trinajstić information content (AvgIpc) is 2.71. The molecule has 0 radical (unpaired) electrons. The SMILES string of the molecule is CCOCC(=O)N1CCc2c(N)cccc21. The van der Waals surface area contributed by atoms with Crippen LogP contribution < -0.4 is 10.6 Å². The van der Waals surface area contributed by atoms with Gasteiger partial charge in [0.15, 0.2) is 0 Å². The van der Waals surface area contributed by atoms with Gasteiger partial charge in [-0.25, -0.2) is 0 Å². The molecule has 1 aliphatic heterocycles. The minimum absolute atomic E-state index is 0.00574. The largest absolute Gasteiger partial charge is 0.398 e. The van der Waals surface area contributed by atoms with Crippen LogP contribution in [0, 0.1) is 0 Å². The molecule has 0 aliphatic carbocycles. The molecule has 0 saturated carbocycles. The molecule has 2 N–H and O–H groups in total. The number of nitrogens with zero attached hydrogens (tertiary/aromatic N) is 1. The van der Waals surface area contributed by atoms with E-state index in [4.69, 9.17) is 10.5 Å². The predicted molar refractivity (Wildman–Crippen MR) is 63.4 cm³/mol. The molecule has 0 unspecified atom stereocenters. The lowest BCUT2D eigenvalue weighted by Gasteiger charge is -2.17. The summed E-state index contributed by atoms with van der Waals surface area (Å²) in [6.07, 6.45) is 0.833. The normalized spacial score (nSPS) is 13.9. The van der Waals surface area contributed by atoms with Crippen LogP contribution >= 0.6 is 0 Å². The third-order valence-corrected chi connectivity index (χ3v) is 2.79. The number of hydrogen-bond acceptors (Lipinski definition) is 3. The van der Waals surface area contributed by atoms with E-state index in [0.717, 1.165) is 23.4 Å². The van der Waals surface area contributed by atoms with Gasteiger partial charge in [-0.2, -0.15) is 0 Å². The summed E-state index contributed by atoms with van der Waals surface area (Å²) in [4.78, 5) is 13.6. The highest BCUT2D eigenvalue weighted by molar-refractivity contribution is 5.97. The van der Waals surface area contributed by atoms with Gasteiger partial charge in [0.25, 0.3) is 5.91 Å². The summed E-state index contributed by atoms with van der Waals surface area (Å²) < 4.78 is 5.13. The van der Waals surface area contributed by atoms with Crippen LogP contribution in [-0.2, 0) is 16.0 Å². The number of nitrogen functional groups attached to an aromatic ring is 1. The predicted octanol–water partition coefficient (Wildman–Crippen LogP) is 1.19. The van der Waals surface area contributed by atoms with Crippen LogP contribution in [0.4, 0.5) is 11.4 Å². The highest BCUT2D eigenvalue weighted by Crippen LogP contribution is 2.31. The Morgan fingerprint density at radius 2 is 2.38 bits per heavy atom. The van der Waals surface area contributed by atoms with Crippen LogP contribution in [0.5, 0.6) is 0 Å².